The summed E-state index contributed by atoms with van der Waals surface area (Å²) in [5.74, 6) is 0.767. The highest BCUT2D eigenvalue weighted by molar-refractivity contribution is 5.79. The second-order valence-electron chi connectivity index (χ2n) is 5.75. The van der Waals surface area contributed by atoms with E-state index in [0.29, 0.717) is 30.2 Å². The smallest absolute Gasteiger partial charge is 0.264 e. The van der Waals surface area contributed by atoms with Crippen molar-refractivity contribution in [2.24, 2.45) is 0 Å². The predicted octanol–water partition coefficient (Wildman–Crippen LogP) is 2.88. The van der Waals surface area contributed by atoms with Gasteiger partial charge in [0.2, 0.25) is 0 Å². The SMILES string of the molecule is COCCN(C(=O)COc1ccc(C#N)cc1OC)C1=CCCCC1. The minimum atomic E-state index is -0.114. The van der Waals surface area contributed by atoms with Gasteiger partial charge in [0.15, 0.2) is 18.1 Å². The van der Waals surface area contributed by atoms with Crippen LogP contribution in [0.1, 0.15) is 31.2 Å². The molecule has 0 bridgehead atoms. The van der Waals surface area contributed by atoms with Gasteiger partial charge in [-0.25, -0.2) is 0 Å². The molecule has 1 aromatic rings. The molecule has 0 atom stereocenters. The maximum absolute atomic E-state index is 12.7. The third-order valence-corrected chi connectivity index (χ3v) is 4.08. The second-order valence-corrected chi connectivity index (χ2v) is 5.75. The zero-order valence-electron chi connectivity index (χ0n) is 14.8. The van der Waals surface area contributed by atoms with E-state index >= 15 is 0 Å². The molecule has 1 aliphatic carbocycles. The van der Waals surface area contributed by atoms with Gasteiger partial charge in [0, 0.05) is 25.4 Å². The zero-order valence-corrected chi connectivity index (χ0v) is 14.8. The van der Waals surface area contributed by atoms with Crippen molar-refractivity contribution in [3.8, 4) is 17.6 Å². The molecule has 6 nitrogen and oxygen atoms in total. The Kier molecular flexibility index (Phi) is 7.30. The first-order chi connectivity index (χ1) is 12.2. The van der Waals surface area contributed by atoms with Gasteiger partial charge in [0.1, 0.15) is 0 Å². The van der Waals surface area contributed by atoms with Crippen molar-refractivity contribution < 1.29 is 19.0 Å². The minimum Gasteiger partial charge on any atom is -0.493 e. The molecule has 0 spiro atoms. The number of allylic oxidation sites excluding steroid dienone is 2. The molecular formula is C19H24N2O4. The maximum atomic E-state index is 12.7. The van der Waals surface area contributed by atoms with E-state index in [1.165, 1.54) is 7.11 Å². The Morgan fingerprint density at radius 3 is 2.76 bits per heavy atom. The number of methoxy groups -OCH3 is 2. The summed E-state index contributed by atoms with van der Waals surface area (Å²) in [6, 6.07) is 6.91. The minimum absolute atomic E-state index is 0.0939. The van der Waals surface area contributed by atoms with E-state index < -0.39 is 0 Å². The fourth-order valence-electron chi connectivity index (χ4n) is 2.75. The highest BCUT2D eigenvalue weighted by atomic mass is 16.5. The van der Waals surface area contributed by atoms with Crippen LogP contribution in [0.4, 0.5) is 0 Å². The highest BCUT2D eigenvalue weighted by Gasteiger charge is 2.20. The van der Waals surface area contributed by atoms with Crippen molar-refractivity contribution in [3.05, 3.63) is 35.5 Å². The van der Waals surface area contributed by atoms with Gasteiger partial charge in [-0.3, -0.25) is 4.79 Å². The Morgan fingerprint density at radius 2 is 2.12 bits per heavy atom. The predicted molar refractivity (Wildman–Crippen MR) is 93.3 cm³/mol. The molecule has 1 aromatic carbocycles. The van der Waals surface area contributed by atoms with Crippen LogP contribution in [0.5, 0.6) is 11.5 Å². The molecule has 0 fully saturated rings. The number of amides is 1. The quantitative estimate of drug-likeness (QED) is 0.725. The molecule has 0 aromatic heterocycles. The Morgan fingerprint density at radius 1 is 1.28 bits per heavy atom. The summed E-state index contributed by atoms with van der Waals surface area (Å²) in [4.78, 5) is 14.4. The van der Waals surface area contributed by atoms with Crippen LogP contribution in [0, 0.1) is 11.3 Å². The third-order valence-electron chi connectivity index (χ3n) is 4.08. The molecule has 134 valence electrons. The molecule has 0 heterocycles. The average molecular weight is 344 g/mol. The maximum Gasteiger partial charge on any atom is 0.264 e. The molecule has 0 saturated carbocycles. The number of hydrogen-bond acceptors (Lipinski definition) is 5. The van der Waals surface area contributed by atoms with Gasteiger partial charge in [-0.05, 0) is 37.8 Å². The molecule has 2 rings (SSSR count). The standard InChI is InChI=1S/C19H24N2O4/c1-23-11-10-21(16-6-4-3-5-7-16)19(22)14-25-17-9-8-15(13-20)12-18(17)24-2/h6,8-9,12H,3-5,7,10-11,14H2,1-2H3. The Hall–Kier alpha value is -2.52. The van der Waals surface area contributed by atoms with Gasteiger partial charge < -0.3 is 19.1 Å². The lowest BCUT2D eigenvalue weighted by molar-refractivity contribution is -0.132. The number of carbonyl (C=O) groups is 1. The number of nitrogens with zero attached hydrogens (tertiary/aromatic N) is 2. The summed E-state index contributed by atoms with van der Waals surface area (Å²) >= 11 is 0. The van der Waals surface area contributed by atoms with Crippen LogP contribution in [0.2, 0.25) is 0 Å². The second kappa shape index (κ2) is 9.70. The van der Waals surface area contributed by atoms with Crippen molar-refractivity contribution >= 4 is 5.91 Å². The molecule has 0 saturated heterocycles. The fraction of sp³-hybridized carbons (Fsp3) is 0.474. The number of rotatable bonds is 8. The zero-order chi connectivity index (χ0) is 18.1. The summed E-state index contributed by atoms with van der Waals surface area (Å²) in [6.45, 7) is 0.890. The van der Waals surface area contributed by atoms with E-state index in [2.05, 4.69) is 6.08 Å². The average Bonchev–Trinajstić information content (AvgIpc) is 2.67. The van der Waals surface area contributed by atoms with E-state index in [0.717, 1.165) is 31.4 Å². The van der Waals surface area contributed by atoms with E-state index in [4.69, 9.17) is 19.5 Å². The van der Waals surface area contributed by atoms with E-state index in [9.17, 15) is 4.79 Å². The number of benzene rings is 1. The van der Waals surface area contributed by atoms with Crippen LogP contribution in [0.15, 0.2) is 30.0 Å². The van der Waals surface area contributed by atoms with Gasteiger partial charge >= 0.3 is 0 Å². The summed E-state index contributed by atoms with van der Waals surface area (Å²) in [5, 5.41) is 8.94. The molecule has 0 N–H and O–H groups in total. The molecule has 1 amide bonds. The van der Waals surface area contributed by atoms with E-state index in [1.54, 1.807) is 30.2 Å². The molecular weight excluding hydrogens is 320 g/mol. The number of hydrogen-bond donors (Lipinski definition) is 0. The number of carbonyl (C=O) groups excluding carboxylic acids is 1. The van der Waals surface area contributed by atoms with Gasteiger partial charge in [-0.1, -0.05) is 6.08 Å². The molecule has 0 radical (unpaired) electrons. The third kappa shape index (κ3) is 5.23. The van der Waals surface area contributed by atoms with Crippen molar-refractivity contribution in [1.82, 2.24) is 4.90 Å². The van der Waals surface area contributed by atoms with Crippen LogP contribution in [0.3, 0.4) is 0 Å². The van der Waals surface area contributed by atoms with Crippen molar-refractivity contribution in [2.45, 2.75) is 25.7 Å². The summed E-state index contributed by atoms with van der Waals surface area (Å²) in [5.41, 5.74) is 1.52. The molecule has 25 heavy (non-hydrogen) atoms. The lowest BCUT2D eigenvalue weighted by Gasteiger charge is -2.27. The lowest BCUT2D eigenvalue weighted by atomic mass is 10.0. The molecule has 0 unspecified atom stereocenters. The van der Waals surface area contributed by atoms with Gasteiger partial charge in [-0.2, -0.15) is 5.26 Å². The first-order valence-corrected chi connectivity index (χ1v) is 8.39. The Labute approximate surface area is 148 Å². The molecule has 6 heteroatoms. The topological polar surface area (TPSA) is 71.8 Å². The summed E-state index contributed by atoms with van der Waals surface area (Å²) in [7, 11) is 3.12. The van der Waals surface area contributed by atoms with Crippen LogP contribution < -0.4 is 9.47 Å². The Bertz CT molecular complexity index is 664. The van der Waals surface area contributed by atoms with Gasteiger partial charge in [0.05, 0.1) is 25.3 Å². The van der Waals surface area contributed by atoms with Gasteiger partial charge in [-0.15, -0.1) is 0 Å². The monoisotopic (exact) mass is 344 g/mol. The van der Waals surface area contributed by atoms with Crippen molar-refractivity contribution in [2.75, 3.05) is 34.0 Å². The number of nitriles is 1. The molecule has 1 aliphatic rings. The number of ether oxygens (including phenoxy) is 3. The largest absolute Gasteiger partial charge is 0.493 e. The van der Waals surface area contributed by atoms with Gasteiger partial charge in [0.25, 0.3) is 5.91 Å². The summed E-state index contributed by atoms with van der Waals surface area (Å²) < 4.78 is 16.0. The van der Waals surface area contributed by atoms with Crippen LogP contribution >= 0.6 is 0 Å². The normalized spacial score (nSPS) is 13.6. The van der Waals surface area contributed by atoms with Crippen LogP contribution in [0.25, 0.3) is 0 Å². The van der Waals surface area contributed by atoms with Crippen molar-refractivity contribution in [3.63, 3.8) is 0 Å². The first-order valence-electron chi connectivity index (χ1n) is 8.39. The van der Waals surface area contributed by atoms with Crippen LogP contribution in [-0.2, 0) is 9.53 Å². The van der Waals surface area contributed by atoms with E-state index in [-0.39, 0.29) is 12.5 Å². The molecule has 0 aliphatic heterocycles. The lowest BCUT2D eigenvalue weighted by Crippen LogP contribution is -2.37. The van der Waals surface area contributed by atoms with Crippen molar-refractivity contribution in [1.29, 1.82) is 5.26 Å². The van der Waals surface area contributed by atoms with Crippen LogP contribution in [-0.4, -0.2) is 44.8 Å². The highest BCUT2D eigenvalue weighted by Crippen LogP contribution is 2.28. The fourth-order valence-corrected chi connectivity index (χ4v) is 2.75. The Balaban J connectivity index is 2.05. The summed E-state index contributed by atoms with van der Waals surface area (Å²) in [6.07, 6.45) is 6.27. The van der Waals surface area contributed by atoms with E-state index in [1.807, 2.05) is 6.07 Å². The first kappa shape index (κ1) is 18.8.